The molecular weight excluding hydrogens is 327 g/mol. The van der Waals surface area contributed by atoms with Gasteiger partial charge < -0.3 is 15.2 Å². The van der Waals surface area contributed by atoms with Crippen molar-refractivity contribution in [3.8, 4) is 0 Å². The third-order valence-electron chi connectivity index (χ3n) is 2.12. The number of nitrogen functional groups attached to an aromatic ring is 1. The maximum Gasteiger partial charge on any atom is 0.358 e. The maximum atomic E-state index is 11.8. The molecule has 5 nitrogen and oxygen atoms in total. The van der Waals surface area contributed by atoms with Crippen molar-refractivity contribution < 1.29 is 14.3 Å². The highest BCUT2D eigenvalue weighted by Gasteiger charge is 2.21. The lowest BCUT2D eigenvalue weighted by atomic mass is 10.2. The van der Waals surface area contributed by atoms with Crippen LogP contribution in [0, 0.1) is 0 Å². The van der Waals surface area contributed by atoms with Crippen LogP contribution in [0.3, 0.4) is 0 Å². The van der Waals surface area contributed by atoms with E-state index in [0.29, 0.717) is 0 Å². The highest BCUT2D eigenvalue weighted by molar-refractivity contribution is 6.46. The van der Waals surface area contributed by atoms with Crippen LogP contribution < -0.4 is 5.73 Å². The summed E-state index contributed by atoms with van der Waals surface area (Å²) >= 11 is 17.4. The summed E-state index contributed by atoms with van der Waals surface area (Å²) in [5.74, 6) is -0.738. The van der Waals surface area contributed by atoms with Gasteiger partial charge in [0.15, 0.2) is 10.8 Å². The molecule has 0 radical (unpaired) electrons. The molecule has 1 heterocycles. The van der Waals surface area contributed by atoms with Gasteiger partial charge in [0.2, 0.25) is 0 Å². The van der Waals surface area contributed by atoms with Crippen LogP contribution in [0.15, 0.2) is 0 Å². The summed E-state index contributed by atoms with van der Waals surface area (Å²) in [6.07, 6.45) is 0. The quantitative estimate of drug-likeness (QED) is 0.514. The molecule has 0 spiro atoms. The minimum absolute atomic E-state index is 0.00397. The van der Waals surface area contributed by atoms with E-state index in [2.05, 4.69) is 4.98 Å². The van der Waals surface area contributed by atoms with Crippen LogP contribution in [0.4, 0.5) is 5.69 Å². The minimum atomic E-state index is -0.738. The average molecular weight is 342 g/mol. The number of esters is 1. The molecule has 0 atom stereocenters. The van der Waals surface area contributed by atoms with Crippen molar-refractivity contribution in [1.82, 2.24) is 4.98 Å². The zero-order valence-corrected chi connectivity index (χ0v) is 13.6. The van der Waals surface area contributed by atoms with Crippen LogP contribution >= 0.6 is 34.8 Å². The molecule has 0 saturated carbocycles. The Kier molecular flexibility index (Phi) is 5.89. The van der Waals surface area contributed by atoms with E-state index in [1.807, 2.05) is 20.8 Å². The highest BCUT2D eigenvalue weighted by atomic mass is 35.5. The molecule has 1 aromatic heterocycles. The summed E-state index contributed by atoms with van der Waals surface area (Å²) < 4.78 is 10.4. The van der Waals surface area contributed by atoms with Gasteiger partial charge in [-0.2, -0.15) is 0 Å². The largest absolute Gasteiger partial charge is 0.458 e. The molecule has 20 heavy (non-hydrogen) atoms. The second kappa shape index (κ2) is 6.80. The first-order valence-corrected chi connectivity index (χ1v) is 6.88. The summed E-state index contributed by atoms with van der Waals surface area (Å²) in [6, 6.07) is 0. The van der Waals surface area contributed by atoms with Crippen LogP contribution in [0.1, 0.15) is 31.3 Å². The third-order valence-corrected chi connectivity index (χ3v) is 3.25. The summed E-state index contributed by atoms with van der Waals surface area (Å²) in [5, 5.41) is -0.183. The van der Waals surface area contributed by atoms with E-state index in [-0.39, 0.29) is 45.4 Å². The zero-order chi connectivity index (χ0) is 15.5. The number of halogens is 3. The first-order chi connectivity index (χ1) is 9.13. The molecule has 1 rings (SSSR count). The number of nitrogens with two attached hydrogens (primary N) is 1. The minimum Gasteiger partial charge on any atom is -0.458 e. The smallest absolute Gasteiger partial charge is 0.358 e. The Hall–Kier alpha value is -0.750. The third kappa shape index (κ3) is 4.66. The Morgan fingerprint density at radius 1 is 1.20 bits per heavy atom. The highest BCUT2D eigenvalue weighted by Crippen LogP contribution is 2.34. The molecule has 0 bridgehead atoms. The number of hydrogen-bond donors (Lipinski definition) is 1. The van der Waals surface area contributed by atoms with E-state index in [4.69, 9.17) is 50.0 Å². The van der Waals surface area contributed by atoms with Gasteiger partial charge >= 0.3 is 5.97 Å². The van der Waals surface area contributed by atoms with Crippen molar-refractivity contribution in [2.45, 2.75) is 26.4 Å². The number of rotatable bonds is 4. The molecule has 8 heteroatoms. The lowest BCUT2D eigenvalue weighted by Crippen LogP contribution is -2.23. The molecule has 0 fully saturated rings. The van der Waals surface area contributed by atoms with Gasteiger partial charge in [0.1, 0.15) is 11.6 Å². The Bertz CT molecular complexity index is 516. The van der Waals surface area contributed by atoms with Gasteiger partial charge in [0.05, 0.1) is 22.9 Å². The van der Waals surface area contributed by atoms with Crippen LogP contribution in [-0.2, 0) is 9.47 Å². The van der Waals surface area contributed by atoms with Crippen LogP contribution in [0.2, 0.25) is 15.2 Å². The second-order valence-electron chi connectivity index (χ2n) is 4.89. The zero-order valence-electron chi connectivity index (χ0n) is 11.3. The molecule has 112 valence electrons. The van der Waals surface area contributed by atoms with E-state index >= 15 is 0 Å². The summed E-state index contributed by atoms with van der Waals surface area (Å²) in [5.41, 5.74) is 5.12. The van der Waals surface area contributed by atoms with E-state index < -0.39 is 5.97 Å². The van der Waals surface area contributed by atoms with Gasteiger partial charge in [0, 0.05) is 0 Å². The Morgan fingerprint density at radius 2 is 1.80 bits per heavy atom. The fourth-order valence-electron chi connectivity index (χ4n) is 1.22. The predicted octanol–water partition coefficient (Wildman–Crippen LogP) is 3.60. The van der Waals surface area contributed by atoms with Crippen LogP contribution in [-0.4, -0.2) is 29.8 Å². The van der Waals surface area contributed by atoms with Gasteiger partial charge in [-0.15, -0.1) is 0 Å². The van der Waals surface area contributed by atoms with Crippen molar-refractivity contribution in [1.29, 1.82) is 0 Å². The first-order valence-electron chi connectivity index (χ1n) is 5.74. The Labute approximate surface area is 132 Å². The van der Waals surface area contributed by atoms with Crippen molar-refractivity contribution >= 4 is 46.5 Å². The first kappa shape index (κ1) is 17.3. The molecule has 0 aliphatic carbocycles. The topological polar surface area (TPSA) is 74.4 Å². The molecule has 0 aromatic carbocycles. The predicted molar refractivity (Wildman–Crippen MR) is 79.7 cm³/mol. The number of carbonyl (C=O) groups excluding carboxylic acids is 1. The molecule has 0 amide bonds. The van der Waals surface area contributed by atoms with Gasteiger partial charge in [-0.3, -0.25) is 0 Å². The molecule has 0 unspecified atom stereocenters. The van der Waals surface area contributed by atoms with Gasteiger partial charge in [-0.25, -0.2) is 9.78 Å². The van der Waals surface area contributed by atoms with Crippen LogP contribution in [0.5, 0.6) is 0 Å². The number of anilines is 1. The average Bonchev–Trinajstić information content (AvgIpc) is 2.35. The van der Waals surface area contributed by atoms with Gasteiger partial charge in [-0.05, 0) is 20.8 Å². The number of nitrogens with zero attached hydrogens (tertiary/aromatic N) is 1. The second-order valence-corrected chi connectivity index (χ2v) is 6.00. The van der Waals surface area contributed by atoms with Gasteiger partial charge in [-0.1, -0.05) is 34.8 Å². The van der Waals surface area contributed by atoms with Crippen molar-refractivity contribution in [3.05, 3.63) is 20.9 Å². The van der Waals surface area contributed by atoms with E-state index in [1.54, 1.807) is 0 Å². The standard InChI is InChI=1S/C12H15Cl3N2O3/c1-12(2,3)20-5-4-19-11(18)9-6(13)8(16)7(14)10(15)17-9/h4-5H2,1-3H3,(H2,16,17). The lowest BCUT2D eigenvalue weighted by Gasteiger charge is -2.19. The van der Waals surface area contributed by atoms with E-state index in [0.717, 1.165) is 0 Å². The SMILES string of the molecule is CC(C)(C)OCCOC(=O)c1nc(Cl)c(Cl)c(N)c1Cl. The monoisotopic (exact) mass is 340 g/mol. The molecule has 0 aliphatic heterocycles. The van der Waals surface area contributed by atoms with E-state index in [1.165, 1.54) is 0 Å². The summed E-state index contributed by atoms with van der Waals surface area (Å²) in [7, 11) is 0. The van der Waals surface area contributed by atoms with Crippen molar-refractivity contribution in [2.24, 2.45) is 0 Å². The number of pyridine rings is 1. The summed E-state index contributed by atoms with van der Waals surface area (Å²) in [6.45, 7) is 6.00. The number of carbonyl (C=O) groups is 1. The maximum absolute atomic E-state index is 11.8. The lowest BCUT2D eigenvalue weighted by molar-refractivity contribution is -0.0283. The fourth-order valence-corrected chi connectivity index (χ4v) is 1.80. The normalized spacial score (nSPS) is 11.5. The summed E-state index contributed by atoms with van der Waals surface area (Å²) in [4.78, 5) is 15.6. The van der Waals surface area contributed by atoms with Crippen molar-refractivity contribution in [2.75, 3.05) is 18.9 Å². The Morgan fingerprint density at radius 3 is 2.35 bits per heavy atom. The molecule has 0 aliphatic rings. The number of ether oxygens (including phenoxy) is 2. The van der Waals surface area contributed by atoms with Crippen LogP contribution in [0.25, 0.3) is 0 Å². The number of hydrogen-bond acceptors (Lipinski definition) is 5. The Balaban J connectivity index is 2.70. The molecule has 1 aromatic rings. The molecular formula is C12H15Cl3N2O3. The van der Waals surface area contributed by atoms with Gasteiger partial charge in [0.25, 0.3) is 0 Å². The molecule has 2 N–H and O–H groups in total. The number of aromatic nitrogens is 1. The molecule has 0 saturated heterocycles. The van der Waals surface area contributed by atoms with E-state index in [9.17, 15) is 4.79 Å². The fraction of sp³-hybridized carbons (Fsp3) is 0.500. The van der Waals surface area contributed by atoms with Crippen molar-refractivity contribution in [3.63, 3.8) is 0 Å².